The molecule has 1 heterocycles. The quantitative estimate of drug-likeness (QED) is 0.894. The molecule has 2 fully saturated rings. The van der Waals surface area contributed by atoms with E-state index in [1.807, 2.05) is 0 Å². The molecule has 118 valence electrons. The largest absolute Gasteiger partial charge is 0.464 e. The summed E-state index contributed by atoms with van der Waals surface area (Å²) in [6.07, 6.45) is 6.55. The van der Waals surface area contributed by atoms with Gasteiger partial charge in [0.25, 0.3) is 0 Å². The molecule has 1 aromatic rings. The Bertz CT molecular complexity index is 462. The van der Waals surface area contributed by atoms with E-state index >= 15 is 0 Å². The van der Waals surface area contributed by atoms with Gasteiger partial charge in [-0.3, -0.25) is 4.90 Å². The molecule has 0 saturated heterocycles. The number of rotatable bonds is 5. The van der Waals surface area contributed by atoms with Crippen molar-refractivity contribution in [3.63, 3.8) is 0 Å². The summed E-state index contributed by atoms with van der Waals surface area (Å²) in [5.74, 6) is 4.56. The summed E-state index contributed by atoms with van der Waals surface area (Å²) in [6.45, 7) is 5.30. The third-order valence-electron chi connectivity index (χ3n) is 5.73. The maximum Gasteiger partial charge on any atom is 0.122 e. The van der Waals surface area contributed by atoms with Crippen molar-refractivity contribution in [2.45, 2.75) is 64.0 Å². The number of likely N-dealkylation sites (N-methyl/N-ethyl adjacent to an activating group) is 1. The Hall–Kier alpha value is -0.800. The summed E-state index contributed by atoms with van der Waals surface area (Å²) < 4.78 is 6.14. The fourth-order valence-corrected chi connectivity index (χ4v) is 3.85. The lowest BCUT2D eigenvalue weighted by Gasteiger charge is -2.37. The molecular formula is C18H30N2O. The predicted octanol–water partition coefficient (Wildman–Crippen LogP) is 3.91. The maximum absolute atomic E-state index is 6.14. The fraction of sp³-hybridized carbons (Fsp3) is 0.778. The smallest absolute Gasteiger partial charge is 0.122 e. The predicted molar refractivity (Wildman–Crippen MR) is 86.2 cm³/mol. The molecule has 21 heavy (non-hydrogen) atoms. The minimum atomic E-state index is 0.228. The lowest BCUT2D eigenvalue weighted by molar-refractivity contribution is 0.113. The van der Waals surface area contributed by atoms with Crippen LogP contribution in [-0.4, -0.2) is 24.5 Å². The molecule has 0 radical (unpaired) electrons. The zero-order valence-electron chi connectivity index (χ0n) is 13.7. The van der Waals surface area contributed by atoms with Crippen molar-refractivity contribution < 1.29 is 4.42 Å². The van der Waals surface area contributed by atoms with Crippen LogP contribution in [0, 0.1) is 11.8 Å². The first kappa shape index (κ1) is 15.1. The molecule has 0 bridgehead atoms. The Labute approximate surface area is 128 Å². The molecule has 0 amide bonds. The summed E-state index contributed by atoms with van der Waals surface area (Å²) in [7, 11) is 2.22. The third-order valence-corrected chi connectivity index (χ3v) is 5.73. The van der Waals surface area contributed by atoms with E-state index in [1.54, 1.807) is 0 Å². The average molecular weight is 290 g/mol. The van der Waals surface area contributed by atoms with Gasteiger partial charge in [-0.05, 0) is 63.1 Å². The van der Waals surface area contributed by atoms with Crippen LogP contribution < -0.4 is 5.73 Å². The van der Waals surface area contributed by atoms with Gasteiger partial charge < -0.3 is 10.2 Å². The van der Waals surface area contributed by atoms with Crippen LogP contribution in [0.3, 0.4) is 0 Å². The van der Waals surface area contributed by atoms with Crippen molar-refractivity contribution in [1.29, 1.82) is 0 Å². The van der Waals surface area contributed by atoms with Crippen LogP contribution in [0.4, 0.5) is 0 Å². The van der Waals surface area contributed by atoms with Crippen LogP contribution in [0.2, 0.25) is 0 Å². The SMILES string of the molecule is CC1CCC(N(C)C(CN)c2ccc(C3CC3C)o2)CC1. The molecule has 2 saturated carbocycles. The molecule has 0 spiro atoms. The zero-order chi connectivity index (χ0) is 15.0. The van der Waals surface area contributed by atoms with E-state index in [0.29, 0.717) is 18.5 Å². The molecule has 3 atom stereocenters. The highest BCUT2D eigenvalue weighted by molar-refractivity contribution is 5.19. The Morgan fingerprint density at radius 3 is 2.48 bits per heavy atom. The van der Waals surface area contributed by atoms with E-state index in [4.69, 9.17) is 10.2 Å². The van der Waals surface area contributed by atoms with Gasteiger partial charge in [0.2, 0.25) is 0 Å². The number of hydrogen-bond donors (Lipinski definition) is 1. The lowest BCUT2D eigenvalue weighted by atomic mass is 9.86. The van der Waals surface area contributed by atoms with E-state index in [1.165, 1.54) is 37.9 Å². The molecule has 3 unspecified atom stereocenters. The van der Waals surface area contributed by atoms with Gasteiger partial charge in [0.15, 0.2) is 0 Å². The number of hydrogen-bond acceptors (Lipinski definition) is 3. The highest BCUT2D eigenvalue weighted by Crippen LogP contribution is 2.47. The number of nitrogens with two attached hydrogens (primary N) is 1. The van der Waals surface area contributed by atoms with Gasteiger partial charge in [-0.2, -0.15) is 0 Å². The summed E-state index contributed by atoms with van der Waals surface area (Å²) in [4.78, 5) is 2.46. The Morgan fingerprint density at radius 2 is 1.90 bits per heavy atom. The number of furan rings is 1. The second-order valence-corrected chi connectivity index (χ2v) is 7.39. The normalized spacial score (nSPS) is 34.1. The molecule has 3 rings (SSSR count). The van der Waals surface area contributed by atoms with Gasteiger partial charge in [-0.15, -0.1) is 0 Å². The van der Waals surface area contributed by atoms with Crippen LogP contribution in [-0.2, 0) is 0 Å². The first-order valence-corrected chi connectivity index (χ1v) is 8.61. The molecule has 0 aliphatic heterocycles. The molecule has 1 aromatic heterocycles. The lowest BCUT2D eigenvalue weighted by Crippen LogP contribution is -2.40. The molecule has 2 aliphatic rings. The van der Waals surface area contributed by atoms with E-state index < -0.39 is 0 Å². The van der Waals surface area contributed by atoms with E-state index in [2.05, 4.69) is 37.9 Å². The minimum absolute atomic E-state index is 0.228. The van der Waals surface area contributed by atoms with Crippen molar-refractivity contribution in [3.05, 3.63) is 23.7 Å². The minimum Gasteiger partial charge on any atom is -0.464 e. The van der Waals surface area contributed by atoms with Gasteiger partial charge in [-0.25, -0.2) is 0 Å². The van der Waals surface area contributed by atoms with Crippen LogP contribution >= 0.6 is 0 Å². The fourth-order valence-electron chi connectivity index (χ4n) is 3.85. The molecular weight excluding hydrogens is 260 g/mol. The Kier molecular flexibility index (Phi) is 4.41. The first-order valence-electron chi connectivity index (χ1n) is 8.61. The van der Waals surface area contributed by atoms with Crippen molar-refractivity contribution in [2.75, 3.05) is 13.6 Å². The van der Waals surface area contributed by atoms with Gasteiger partial charge in [0.05, 0.1) is 6.04 Å². The molecule has 2 aliphatic carbocycles. The van der Waals surface area contributed by atoms with Gasteiger partial charge in [0, 0.05) is 18.5 Å². The highest BCUT2D eigenvalue weighted by Gasteiger charge is 2.37. The molecule has 3 heteroatoms. The summed E-state index contributed by atoms with van der Waals surface area (Å²) >= 11 is 0. The van der Waals surface area contributed by atoms with Gasteiger partial charge in [0.1, 0.15) is 11.5 Å². The summed E-state index contributed by atoms with van der Waals surface area (Å²) in [5.41, 5.74) is 6.07. The van der Waals surface area contributed by atoms with Gasteiger partial charge in [-0.1, -0.05) is 13.8 Å². The Morgan fingerprint density at radius 1 is 1.24 bits per heavy atom. The second-order valence-electron chi connectivity index (χ2n) is 7.39. The van der Waals surface area contributed by atoms with E-state index in [0.717, 1.165) is 17.6 Å². The topological polar surface area (TPSA) is 42.4 Å². The van der Waals surface area contributed by atoms with Crippen LogP contribution in [0.25, 0.3) is 0 Å². The van der Waals surface area contributed by atoms with Crippen LogP contribution in [0.5, 0.6) is 0 Å². The van der Waals surface area contributed by atoms with Crippen LogP contribution in [0.1, 0.15) is 69.4 Å². The summed E-state index contributed by atoms with van der Waals surface area (Å²) in [5, 5.41) is 0. The molecule has 0 aromatic carbocycles. The van der Waals surface area contributed by atoms with Crippen molar-refractivity contribution in [1.82, 2.24) is 4.90 Å². The number of nitrogens with zero attached hydrogens (tertiary/aromatic N) is 1. The summed E-state index contributed by atoms with van der Waals surface area (Å²) in [6, 6.07) is 5.21. The van der Waals surface area contributed by atoms with E-state index in [-0.39, 0.29) is 6.04 Å². The monoisotopic (exact) mass is 290 g/mol. The second kappa shape index (κ2) is 6.13. The maximum atomic E-state index is 6.14. The van der Waals surface area contributed by atoms with Crippen LogP contribution in [0.15, 0.2) is 16.5 Å². The first-order chi connectivity index (χ1) is 10.1. The molecule has 3 nitrogen and oxygen atoms in total. The van der Waals surface area contributed by atoms with Gasteiger partial charge >= 0.3 is 0 Å². The third kappa shape index (κ3) is 3.19. The Balaban J connectivity index is 1.67. The van der Waals surface area contributed by atoms with Crippen molar-refractivity contribution in [3.8, 4) is 0 Å². The highest BCUT2D eigenvalue weighted by atomic mass is 16.3. The average Bonchev–Trinajstić information content (AvgIpc) is 3.01. The zero-order valence-corrected chi connectivity index (χ0v) is 13.7. The van der Waals surface area contributed by atoms with E-state index in [9.17, 15) is 0 Å². The van der Waals surface area contributed by atoms with Crippen molar-refractivity contribution in [2.24, 2.45) is 17.6 Å². The molecule has 2 N–H and O–H groups in total. The standard InChI is InChI=1S/C18H30N2O/c1-12-4-6-14(7-5-12)20(3)16(11-19)18-9-8-17(21-18)15-10-13(15)2/h8-9,12-16H,4-7,10-11,19H2,1-3H3. The van der Waals surface area contributed by atoms with Crippen molar-refractivity contribution >= 4 is 0 Å².